The predicted octanol–water partition coefficient (Wildman–Crippen LogP) is 4.86. The normalized spacial score (nSPS) is 26.8. The van der Waals surface area contributed by atoms with E-state index < -0.39 is 0 Å². The summed E-state index contributed by atoms with van der Waals surface area (Å²) in [7, 11) is 0. The average Bonchev–Trinajstić information content (AvgIpc) is 3.16. The van der Waals surface area contributed by atoms with E-state index in [2.05, 4.69) is 13.5 Å². The molecule has 3 rings (SSSR count). The van der Waals surface area contributed by atoms with E-state index in [-0.39, 0.29) is 35.8 Å². The average molecular weight is 368 g/mol. The van der Waals surface area contributed by atoms with Crippen LogP contribution in [0.2, 0.25) is 0 Å². The summed E-state index contributed by atoms with van der Waals surface area (Å²) in [6.07, 6.45) is 8.39. The molecule has 0 N–H and O–H groups in total. The number of carbonyl (C=O) groups excluding carboxylic acids is 2. The minimum atomic E-state index is -0.327. The van der Waals surface area contributed by atoms with Gasteiger partial charge in [-0.25, -0.2) is 4.79 Å². The van der Waals surface area contributed by atoms with E-state index in [9.17, 15) is 9.59 Å². The maximum absolute atomic E-state index is 12.5. The molecule has 1 saturated heterocycles. The Morgan fingerprint density at radius 2 is 2.04 bits per heavy atom. The molecule has 1 saturated carbocycles. The van der Waals surface area contributed by atoms with Crippen LogP contribution in [-0.4, -0.2) is 24.0 Å². The highest BCUT2D eigenvalue weighted by Crippen LogP contribution is 2.46. The van der Waals surface area contributed by atoms with Crippen molar-refractivity contribution in [1.29, 1.82) is 0 Å². The number of benzene rings is 1. The number of carbonyl (C=O) groups is 2. The van der Waals surface area contributed by atoms with Crippen molar-refractivity contribution in [3.05, 3.63) is 60.4 Å². The van der Waals surface area contributed by atoms with Crippen molar-refractivity contribution in [3.8, 4) is 0 Å². The summed E-state index contributed by atoms with van der Waals surface area (Å²) < 4.78 is 11.6. The lowest BCUT2D eigenvalue weighted by molar-refractivity contribution is -0.114. The van der Waals surface area contributed by atoms with E-state index in [0.717, 1.165) is 31.4 Å². The molecule has 144 valence electrons. The molecule has 0 bridgehead atoms. The van der Waals surface area contributed by atoms with Crippen LogP contribution in [0.3, 0.4) is 0 Å². The highest BCUT2D eigenvalue weighted by Gasteiger charge is 2.49. The van der Waals surface area contributed by atoms with E-state index in [4.69, 9.17) is 9.47 Å². The third-order valence-electron chi connectivity index (χ3n) is 5.45. The maximum atomic E-state index is 12.5. The highest BCUT2D eigenvalue weighted by molar-refractivity contribution is 5.90. The Bertz CT molecular complexity index is 706. The van der Waals surface area contributed by atoms with Gasteiger partial charge in [0.1, 0.15) is 12.2 Å². The van der Waals surface area contributed by atoms with Crippen molar-refractivity contribution >= 4 is 11.8 Å². The molecule has 27 heavy (non-hydrogen) atoms. The van der Waals surface area contributed by atoms with Crippen LogP contribution in [0, 0.1) is 11.8 Å². The van der Waals surface area contributed by atoms with Crippen molar-refractivity contribution in [2.45, 2.75) is 57.7 Å². The number of hydrogen-bond donors (Lipinski definition) is 0. The second-order valence-electron chi connectivity index (χ2n) is 7.47. The first-order valence-electron chi connectivity index (χ1n) is 9.90. The first kappa shape index (κ1) is 19.4. The van der Waals surface area contributed by atoms with E-state index in [0.29, 0.717) is 18.4 Å². The van der Waals surface area contributed by atoms with Crippen LogP contribution in [-0.2, 0) is 14.3 Å². The Morgan fingerprint density at radius 3 is 2.78 bits per heavy atom. The molecular weight excluding hydrogens is 340 g/mol. The fraction of sp³-hybridized carbons (Fsp3) is 0.478. The fourth-order valence-corrected chi connectivity index (χ4v) is 4.04. The molecule has 1 aromatic carbocycles. The van der Waals surface area contributed by atoms with Gasteiger partial charge in [-0.1, -0.05) is 50.6 Å². The van der Waals surface area contributed by atoms with Crippen molar-refractivity contribution in [2.24, 2.45) is 11.8 Å². The zero-order chi connectivity index (χ0) is 19.2. The smallest absolute Gasteiger partial charge is 0.338 e. The van der Waals surface area contributed by atoms with Crippen LogP contribution in [0.4, 0.5) is 0 Å². The molecule has 4 heteroatoms. The number of fused-ring (bicyclic) bond motifs is 1. The number of ketones is 1. The quantitative estimate of drug-likeness (QED) is 0.374. The number of allylic oxidation sites excluding steroid dienone is 2. The van der Waals surface area contributed by atoms with Crippen LogP contribution in [0.15, 0.2) is 54.8 Å². The van der Waals surface area contributed by atoms with Gasteiger partial charge < -0.3 is 9.47 Å². The van der Waals surface area contributed by atoms with Crippen LogP contribution in [0.5, 0.6) is 0 Å². The first-order valence-corrected chi connectivity index (χ1v) is 9.90. The van der Waals surface area contributed by atoms with Gasteiger partial charge in [-0.15, -0.1) is 0 Å². The summed E-state index contributed by atoms with van der Waals surface area (Å²) in [6, 6.07) is 9.00. The third-order valence-corrected chi connectivity index (χ3v) is 5.45. The molecule has 1 aliphatic carbocycles. The van der Waals surface area contributed by atoms with Gasteiger partial charge >= 0.3 is 5.97 Å². The van der Waals surface area contributed by atoms with Crippen LogP contribution in [0.25, 0.3) is 0 Å². The SMILES string of the molecule is C=C1C[C@@H]2[C@@H](/C=C/C(=O)CCCCC)[C@H](OC(=O)c3ccccc3)C[C@@H]2O1. The van der Waals surface area contributed by atoms with Gasteiger partial charge in [0.15, 0.2) is 5.78 Å². The summed E-state index contributed by atoms with van der Waals surface area (Å²) >= 11 is 0. The Hall–Kier alpha value is -2.36. The minimum absolute atomic E-state index is 0.0101. The zero-order valence-electron chi connectivity index (χ0n) is 15.9. The first-order chi connectivity index (χ1) is 13.1. The van der Waals surface area contributed by atoms with E-state index in [1.807, 2.05) is 24.3 Å². The van der Waals surface area contributed by atoms with E-state index >= 15 is 0 Å². The molecule has 1 aromatic rings. The molecule has 4 nitrogen and oxygen atoms in total. The van der Waals surface area contributed by atoms with E-state index in [1.54, 1.807) is 18.2 Å². The van der Waals surface area contributed by atoms with Crippen LogP contribution >= 0.6 is 0 Å². The van der Waals surface area contributed by atoms with Gasteiger partial charge in [0.05, 0.1) is 11.3 Å². The highest BCUT2D eigenvalue weighted by atomic mass is 16.6. The van der Waals surface area contributed by atoms with Crippen LogP contribution < -0.4 is 0 Å². The molecule has 0 spiro atoms. The van der Waals surface area contributed by atoms with Crippen molar-refractivity contribution in [2.75, 3.05) is 0 Å². The molecule has 2 aliphatic rings. The van der Waals surface area contributed by atoms with Gasteiger partial charge in [0, 0.05) is 31.1 Å². The second-order valence-corrected chi connectivity index (χ2v) is 7.47. The van der Waals surface area contributed by atoms with E-state index in [1.165, 1.54) is 0 Å². The molecule has 4 atom stereocenters. The Kier molecular flexibility index (Phi) is 6.49. The fourth-order valence-electron chi connectivity index (χ4n) is 4.04. The molecule has 1 heterocycles. The largest absolute Gasteiger partial charge is 0.495 e. The van der Waals surface area contributed by atoms with Crippen molar-refractivity contribution < 1.29 is 19.1 Å². The molecule has 0 radical (unpaired) electrons. The Labute approximate surface area is 161 Å². The topological polar surface area (TPSA) is 52.6 Å². The summed E-state index contributed by atoms with van der Waals surface area (Å²) in [5, 5.41) is 0. The lowest BCUT2D eigenvalue weighted by Crippen LogP contribution is -2.24. The van der Waals surface area contributed by atoms with Gasteiger partial charge in [-0.2, -0.15) is 0 Å². The minimum Gasteiger partial charge on any atom is -0.495 e. The van der Waals surface area contributed by atoms with Crippen molar-refractivity contribution in [3.63, 3.8) is 0 Å². The zero-order valence-corrected chi connectivity index (χ0v) is 15.9. The third kappa shape index (κ3) is 4.88. The molecule has 1 aliphatic heterocycles. The van der Waals surface area contributed by atoms with Crippen molar-refractivity contribution in [1.82, 2.24) is 0 Å². The predicted molar refractivity (Wildman–Crippen MR) is 104 cm³/mol. The number of ether oxygens (including phenoxy) is 2. The maximum Gasteiger partial charge on any atom is 0.338 e. The lowest BCUT2D eigenvalue weighted by Gasteiger charge is -2.20. The van der Waals surface area contributed by atoms with Gasteiger partial charge in [0.25, 0.3) is 0 Å². The molecule has 0 aromatic heterocycles. The molecule has 0 amide bonds. The summed E-state index contributed by atoms with van der Waals surface area (Å²) in [5.41, 5.74) is 0.540. The second kappa shape index (κ2) is 9.03. The summed E-state index contributed by atoms with van der Waals surface area (Å²) in [6.45, 7) is 6.05. The number of hydrogen-bond acceptors (Lipinski definition) is 4. The number of esters is 1. The van der Waals surface area contributed by atoms with Gasteiger partial charge in [0.2, 0.25) is 0 Å². The van der Waals surface area contributed by atoms with Gasteiger partial charge in [-0.05, 0) is 24.6 Å². The Morgan fingerprint density at radius 1 is 1.26 bits per heavy atom. The molecular formula is C23H28O4. The summed E-state index contributed by atoms with van der Waals surface area (Å²) in [4.78, 5) is 24.6. The molecule has 2 fully saturated rings. The number of unbranched alkanes of at least 4 members (excludes halogenated alkanes) is 2. The monoisotopic (exact) mass is 368 g/mol. The Balaban J connectivity index is 1.67. The standard InChI is InChI=1S/C23H28O4/c1-3-4-6-11-18(24)12-13-19-20-14-16(2)26-22(20)15-21(19)27-23(25)17-9-7-5-8-10-17/h5,7-10,12-13,19-22H,2-4,6,11,14-15H2,1H3/b13-12+/t19-,20-,21-,22+/m1/s1. The van der Waals surface area contributed by atoms with Crippen LogP contribution in [0.1, 0.15) is 55.8 Å². The van der Waals surface area contributed by atoms with Gasteiger partial charge in [-0.3, -0.25) is 4.79 Å². The lowest BCUT2D eigenvalue weighted by atomic mass is 9.91. The summed E-state index contributed by atoms with van der Waals surface area (Å²) in [5.74, 6) is 0.790. The molecule has 0 unspecified atom stereocenters. The number of rotatable bonds is 8.